The molecule has 7 heteroatoms. The summed E-state index contributed by atoms with van der Waals surface area (Å²) in [5.41, 5.74) is 1.40. The number of methoxy groups -OCH3 is 1. The van der Waals surface area contributed by atoms with E-state index in [2.05, 4.69) is 14.9 Å². The number of nitrogens with one attached hydrogen (secondary N) is 2. The molecule has 2 aromatic rings. The normalized spacial score (nSPS) is 15.5. The highest BCUT2D eigenvalue weighted by Crippen LogP contribution is 2.33. The van der Waals surface area contributed by atoms with Crippen LogP contribution in [0.4, 0.5) is 11.4 Å². The molecule has 1 aliphatic heterocycles. The molecule has 1 aliphatic rings. The zero-order valence-electron chi connectivity index (χ0n) is 15.1. The van der Waals surface area contributed by atoms with Crippen LogP contribution >= 0.6 is 0 Å². The number of hydrogen-bond acceptors (Lipinski definition) is 5. The Labute approximate surface area is 155 Å². The summed E-state index contributed by atoms with van der Waals surface area (Å²) in [5.74, 6) is 0.730. The Morgan fingerprint density at radius 3 is 2.46 bits per heavy atom. The van der Waals surface area contributed by atoms with Crippen LogP contribution < -0.4 is 19.7 Å². The van der Waals surface area contributed by atoms with Gasteiger partial charge in [-0.1, -0.05) is 18.2 Å². The monoisotopic (exact) mass is 375 g/mol. The van der Waals surface area contributed by atoms with Crippen LogP contribution in [0.3, 0.4) is 0 Å². The maximum absolute atomic E-state index is 12.6. The number of ether oxygens (including phenoxy) is 1. The first kappa shape index (κ1) is 18.5. The van der Waals surface area contributed by atoms with E-state index >= 15 is 0 Å². The molecule has 0 aliphatic carbocycles. The molecule has 0 unspecified atom stereocenters. The molecule has 1 fully saturated rings. The zero-order valence-corrected chi connectivity index (χ0v) is 15.9. The molecule has 2 aromatic carbocycles. The van der Waals surface area contributed by atoms with Crippen LogP contribution in [0.25, 0.3) is 0 Å². The third-order valence-corrected chi connectivity index (χ3v) is 6.12. The summed E-state index contributed by atoms with van der Waals surface area (Å²) in [7, 11) is 0.0394. The van der Waals surface area contributed by atoms with Crippen molar-refractivity contribution in [2.24, 2.45) is 0 Å². The van der Waals surface area contributed by atoms with Crippen LogP contribution in [-0.2, 0) is 10.0 Å². The molecule has 1 saturated heterocycles. The van der Waals surface area contributed by atoms with Crippen LogP contribution in [-0.4, -0.2) is 41.7 Å². The van der Waals surface area contributed by atoms with E-state index in [1.807, 2.05) is 13.1 Å². The molecule has 0 aromatic heterocycles. The molecule has 3 rings (SSSR count). The van der Waals surface area contributed by atoms with Crippen LogP contribution in [0.1, 0.15) is 12.8 Å². The molecule has 6 nitrogen and oxygen atoms in total. The second-order valence-electron chi connectivity index (χ2n) is 6.40. The van der Waals surface area contributed by atoms with Crippen LogP contribution in [0.5, 0.6) is 5.75 Å². The summed E-state index contributed by atoms with van der Waals surface area (Å²) < 4.78 is 33.3. The maximum atomic E-state index is 12.6. The first-order valence-corrected chi connectivity index (χ1v) is 10.2. The zero-order chi connectivity index (χ0) is 18.6. The molecule has 1 heterocycles. The van der Waals surface area contributed by atoms with E-state index in [9.17, 15) is 8.42 Å². The minimum atomic E-state index is -3.62. The molecule has 0 amide bonds. The summed E-state index contributed by atoms with van der Waals surface area (Å²) in [6.45, 7) is 1.97. The van der Waals surface area contributed by atoms with Crippen LogP contribution in [0.15, 0.2) is 53.4 Å². The van der Waals surface area contributed by atoms with E-state index in [0.29, 0.717) is 11.7 Å². The lowest BCUT2D eigenvalue weighted by Crippen LogP contribution is -2.41. The van der Waals surface area contributed by atoms with Gasteiger partial charge in [-0.3, -0.25) is 4.72 Å². The largest absolute Gasteiger partial charge is 0.495 e. The van der Waals surface area contributed by atoms with Crippen molar-refractivity contribution in [1.82, 2.24) is 5.32 Å². The minimum absolute atomic E-state index is 0.240. The number of rotatable bonds is 6. The first-order chi connectivity index (χ1) is 12.5. The molecule has 0 saturated carbocycles. The Bertz CT molecular complexity index is 834. The van der Waals surface area contributed by atoms with Crippen molar-refractivity contribution in [2.45, 2.75) is 23.8 Å². The predicted molar refractivity (Wildman–Crippen MR) is 105 cm³/mol. The topological polar surface area (TPSA) is 70.7 Å². The summed E-state index contributed by atoms with van der Waals surface area (Å²) in [6, 6.07) is 14.1. The van der Waals surface area contributed by atoms with E-state index in [1.165, 1.54) is 0 Å². The molecule has 0 radical (unpaired) electrons. The quantitative estimate of drug-likeness (QED) is 0.812. The lowest BCUT2D eigenvalue weighted by molar-refractivity contribution is 0.406. The number of sulfonamides is 1. The Balaban J connectivity index is 1.87. The van der Waals surface area contributed by atoms with E-state index in [-0.39, 0.29) is 4.90 Å². The lowest BCUT2D eigenvalue weighted by atomic mass is 10.0. The van der Waals surface area contributed by atoms with E-state index < -0.39 is 10.0 Å². The molecule has 0 spiro atoms. The number of hydrogen-bond donors (Lipinski definition) is 2. The average molecular weight is 375 g/mol. The second-order valence-corrected chi connectivity index (χ2v) is 8.08. The third-order valence-electron chi connectivity index (χ3n) is 4.72. The molecule has 2 N–H and O–H groups in total. The van der Waals surface area contributed by atoms with Crippen molar-refractivity contribution >= 4 is 21.4 Å². The predicted octanol–water partition coefficient (Wildman–Crippen LogP) is 2.68. The van der Waals surface area contributed by atoms with Gasteiger partial charge in [-0.2, -0.15) is 0 Å². The van der Waals surface area contributed by atoms with Gasteiger partial charge in [0.05, 0.1) is 23.4 Å². The van der Waals surface area contributed by atoms with Gasteiger partial charge in [0.1, 0.15) is 5.75 Å². The average Bonchev–Trinajstić information content (AvgIpc) is 2.68. The Hall–Kier alpha value is -2.25. The van der Waals surface area contributed by atoms with Gasteiger partial charge in [0, 0.05) is 13.1 Å². The highest BCUT2D eigenvalue weighted by atomic mass is 32.2. The fourth-order valence-corrected chi connectivity index (χ4v) is 4.30. The van der Waals surface area contributed by atoms with Crippen molar-refractivity contribution in [2.75, 3.05) is 36.9 Å². The van der Waals surface area contributed by atoms with Crippen molar-refractivity contribution in [3.05, 3.63) is 48.5 Å². The van der Waals surface area contributed by atoms with Gasteiger partial charge in [-0.15, -0.1) is 0 Å². The van der Waals surface area contributed by atoms with Gasteiger partial charge in [-0.25, -0.2) is 8.42 Å². The molecule has 140 valence electrons. The third kappa shape index (κ3) is 4.11. The van der Waals surface area contributed by atoms with Gasteiger partial charge in [-0.05, 0) is 56.3 Å². The Morgan fingerprint density at radius 2 is 1.81 bits per heavy atom. The van der Waals surface area contributed by atoms with Crippen LogP contribution in [0.2, 0.25) is 0 Å². The van der Waals surface area contributed by atoms with Gasteiger partial charge < -0.3 is 15.0 Å². The maximum Gasteiger partial charge on any atom is 0.261 e. The van der Waals surface area contributed by atoms with Gasteiger partial charge in [0.15, 0.2) is 0 Å². The fraction of sp³-hybridized carbons (Fsp3) is 0.368. The molecular formula is C19H25N3O3S. The number of piperidine rings is 1. The Kier molecular flexibility index (Phi) is 5.68. The standard InChI is InChI=1S/C19H25N3O3S/c1-22(16-10-12-20-13-11-16)18-14-15(8-9-19(18)25-2)21-26(23,24)17-6-4-3-5-7-17/h3-9,14,16,20-21H,10-13H2,1-2H3. The number of anilines is 2. The molecule has 26 heavy (non-hydrogen) atoms. The fourth-order valence-electron chi connectivity index (χ4n) is 3.23. The Morgan fingerprint density at radius 1 is 1.12 bits per heavy atom. The molecular weight excluding hydrogens is 350 g/mol. The summed E-state index contributed by atoms with van der Waals surface area (Å²) in [5, 5.41) is 3.36. The number of nitrogens with zero attached hydrogens (tertiary/aromatic N) is 1. The van der Waals surface area contributed by atoms with Gasteiger partial charge >= 0.3 is 0 Å². The first-order valence-electron chi connectivity index (χ1n) is 8.71. The highest BCUT2D eigenvalue weighted by Gasteiger charge is 2.22. The van der Waals surface area contributed by atoms with E-state index in [1.54, 1.807) is 49.6 Å². The van der Waals surface area contributed by atoms with E-state index in [0.717, 1.165) is 37.4 Å². The highest BCUT2D eigenvalue weighted by molar-refractivity contribution is 7.92. The SMILES string of the molecule is COc1ccc(NS(=O)(=O)c2ccccc2)cc1N(C)C1CCNCC1. The summed E-state index contributed by atoms with van der Waals surface area (Å²) in [6.07, 6.45) is 2.08. The van der Waals surface area contributed by atoms with E-state index in [4.69, 9.17) is 4.74 Å². The smallest absolute Gasteiger partial charge is 0.261 e. The minimum Gasteiger partial charge on any atom is -0.495 e. The van der Waals surface area contributed by atoms with Crippen molar-refractivity contribution in [1.29, 1.82) is 0 Å². The molecule has 0 bridgehead atoms. The van der Waals surface area contributed by atoms with Crippen LogP contribution in [0, 0.1) is 0 Å². The number of benzene rings is 2. The summed E-state index contributed by atoms with van der Waals surface area (Å²) in [4.78, 5) is 2.42. The van der Waals surface area contributed by atoms with Crippen molar-refractivity contribution in [3.8, 4) is 5.75 Å². The summed E-state index contributed by atoms with van der Waals surface area (Å²) >= 11 is 0. The lowest BCUT2D eigenvalue weighted by Gasteiger charge is -2.34. The van der Waals surface area contributed by atoms with Crippen molar-refractivity contribution in [3.63, 3.8) is 0 Å². The van der Waals surface area contributed by atoms with Gasteiger partial charge in [0.2, 0.25) is 0 Å². The second kappa shape index (κ2) is 7.97. The van der Waals surface area contributed by atoms with Crippen molar-refractivity contribution < 1.29 is 13.2 Å². The molecule has 0 atom stereocenters. The van der Waals surface area contributed by atoms with Gasteiger partial charge in [0.25, 0.3) is 10.0 Å².